The van der Waals surface area contributed by atoms with Crippen LogP contribution in [-0.4, -0.2) is 29.7 Å². The van der Waals surface area contributed by atoms with Crippen molar-refractivity contribution >= 4 is 17.7 Å². The van der Waals surface area contributed by atoms with Gasteiger partial charge in [0.25, 0.3) is 0 Å². The zero-order chi connectivity index (χ0) is 17.9. The molecule has 6 heteroatoms. The van der Waals surface area contributed by atoms with Crippen molar-refractivity contribution in [1.82, 2.24) is 4.90 Å². The molecule has 2 rings (SSSR count). The maximum atomic E-state index is 14.1. The largest absolute Gasteiger partial charge is 0.444 e. The van der Waals surface area contributed by atoms with Gasteiger partial charge >= 0.3 is 6.09 Å². The highest BCUT2D eigenvalue weighted by Crippen LogP contribution is 2.34. The van der Waals surface area contributed by atoms with Gasteiger partial charge in [0.1, 0.15) is 11.4 Å². The number of hydrogen-bond acceptors (Lipinski definition) is 3. The first-order chi connectivity index (χ1) is 11.2. The van der Waals surface area contributed by atoms with Crippen LogP contribution in [0.3, 0.4) is 0 Å². The average Bonchev–Trinajstić information content (AvgIpc) is 2.49. The maximum absolute atomic E-state index is 14.1. The van der Waals surface area contributed by atoms with E-state index in [2.05, 4.69) is 6.07 Å². The Bertz CT molecular complexity index is 643. The van der Waals surface area contributed by atoms with E-state index in [9.17, 15) is 14.4 Å². The van der Waals surface area contributed by atoms with Crippen molar-refractivity contribution in [2.45, 2.75) is 45.1 Å². The van der Waals surface area contributed by atoms with Crippen molar-refractivity contribution in [2.24, 2.45) is 5.92 Å². The number of amides is 1. The lowest BCUT2D eigenvalue weighted by Crippen LogP contribution is -2.42. The summed E-state index contributed by atoms with van der Waals surface area (Å²) in [6.45, 7) is 6.49. The van der Waals surface area contributed by atoms with Crippen LogP contribution in [0.4, 0.5) is 9.18 Å². The lowest BCUT2D eigenvalue weighted by Gasteiger charge is -2.35. The van der Waals surface area contributed by atoms with Gasteiger partial charge in [0.15, 0.2) is 0 Å². The molecule has 1 amide bonds. The van der Waals surface area contributed by atoms with Gasteiger partial charge in [-0.05, 0) is 51.7 Å². The van der Waals surface area contributed by atoms with Gasteiger partial charge in [-0.1, -0.05) is 17.7 Å². The summed E-state index contributed by atoms with van der Waals surface area (Å²) in [5.41, 5.74) is -0.159. The Morgan fingerprint density at radius 2 is 2.04 bits per heavy atom. The molecule has 0 radical (unpaired) electrons. The highest BCUT2D eigenvalue weighted by atomic mass is 35.5. The van der Waals surface area contributed by atoms with E-state index >= 15 is 0 Å². The maximum Gasteiger partial charge on any atom is 0.410 e. The third-order valence-electron chi connectivity index (χ3n) is 4.10. The second-order valence-corrected chi connectivity index (χ2v) is 7.51. The van der Waals surface area contributed by atoms with Crippen LogP contribution in [0.2, 0.25) is 5.02 Å². The minimum atomic E-state index is -0.539. The van der Waals surface area contributed by atoms with Crippen LogP contribution in [-0.2, 0) is 4.74 Å². The Morgan fingerprint density at radius 1 is 1.42 bits per heavy atom. The van der Waals surface area contributed by atoms with Crippen LogP contribution in [0.25, 0.3) is 0 Å². The number of benzene rings is 1. The topological polar surface area (TPSA) is 53.3 Å². The Labute approximate surface area is 147 Å². The van der Waals surface area contributed by atoms with E-state index < -0.39 is 17.3 Å². The summed E-state index contributed by atoms with van der Waals surface area (Å²) in [6, 6.07) is 6.62. The third-order valence-corrected chi connectivity index (χ3v) is 4.33. The third kappa shape index (κ3) is 4.61. The normalized spacial score (nSPS) is 17.2. The van der Waals surface area contributed by atoms with E-state index in [1.807, 2.05) is 20.8 Å². The molecule has 4 nitrogen and oxygen atoms in total. The number of likely N-dealkylation sites (tertiary alicyclic amines) is 1. The van der Waals surface area contributed by atoms with Gasteiger partial charge in [-0.2, -0.15) is 5.26 Å². The molecular formula is C18H22ClFN2O2. The number of carbonyl (C=O) groups excluding carboxylic acids is 1. The van der Waals surface area contributed by atoms with Crippen molar-refractivity contribution in [2.75, 3.05) is 13.1 Å². The number of carbonyl (C=O) groups is 1. The van der Waals surface area contributed by atoms with E-state index in [1.54, 1.807) is 17.0 Å². The van der Waals surface area contributed by atoms with Crippen molar-refractivity contribution in [3.63, 3.8) is 0 Å². The molecule has 24 heavy (non-hydrogen) atoms. The van der Waals surface area contributed by atoms with Crippen molar-refractivity contribution < 1.29 is 13.9 Å². The Balaban J connectivity index is 2.02. The quantitative estimate of drug-likeness (QED) is 0.772. The predicted octanol–water partition coefficient (Wildman–Crippen LogP) is 4.73. The molecule has 0 aliphatic carbocycles. The molecule has 0 unspecified atom stereocenters. The number of hydrogen-bond donors (Lipinski definition) is 0. The van der Waals surface area contributed by atoms with Crippen molar-refractivity contribution in [3.05, 3.63) is 34.6 Å². The van der Waals surface area contributed by atoms with Crippen LogP contribution in [0, 0.1) is 23.1 Å². The fraction of sp³-hybridized carbons (Fsp3) is 0.556. The monoisotopic (exact) mass is 352 g/mol. The van der Waals surface area contributed by atoms with E-state index in [-0.39, 0.29) is 12.0 Å². The first-order valence-corrected chi connectivity index (χ1v) is 8.41. The lowest BCUT2D eigenvalue weighted by molar-refractivity contribution is 0.0179. The minimum Gasteiger partial charge on any atom is -0.444 e. The molecular weight excluding hydrogens is 331 g/mol. The van der Waals surface area contributed by atoms with Gasteiger partial charge in [-0.3, -0.25) is 0 Å². The number of rotatable bonds is 2. The summed E-state index contributed by atoms with van der Waals surface area (Å²) in [4.78, 5) is 13.7. The minimum absolute atomic E-state index is 0.00404. The standard InChI is InChI=1S/C18H22ClFN2O2/c1-18(2,3)24-17(23)22-8-6-12(7-9-22)15(11-21)14-5-4-13(19)10-16(14)20/h4-5,10,12,15H,6-9H2,1-3H3/t15-/m1/s1. The fourth-order valence-corrected chi connectivity index (χ4v) is 3.08. The summed E-state index contributed by atoms with van der Waals surface area (Å²) in [5.74, 6) is -0.990. The van der Waals surface area contributed by atoms with Crippen LogP contribution in [0.5, 0.6) is 0 Å². The van der Waals surface area contributed by atoms with Gasteiger partial charge in [-0.15, -0.1) is 0 Å². The number of nitrogens with zero attached hydrogens (tertiary/aromatic N) is 2. The van der Waals surface area contributed by atoms with Gasteiger partial charge < -0.3 is 9.64 Å². The number of piperidine rings is 1. The molecule has 1 fully saturated rings. The number of nitriles is 1. The number of ether oxygens (including phenoxy) is 1. The summed E-state index contributed by atoms with van der Waals surface area (Å²) in [7, 11) is 0. The molecule has 1 aromatic rings. The second-order valence-electron chi connectivity index (χ2n) is 7.08. The Kier molecular flexibility index (Phi) is 5.71. The van der Waals surface area contributed by atoms with Gasteiger partial charge in [0.05, 0.1) is 12.0 Å². The Morgan fingerprint density at radius 3 is 2.54 bits per heavy atom. The summed E-state index contributed by atoms with van der Waals surface area (Å²) < 4.78 is 19.5. The zero-order valence-electron chi connectivity index (χ0n) is 14.2. The van der Waals surface area contributed by atoms with Crippen molar-refractivity contribution in [3.8, 4) is 6.07 Å². The SMILES string of the molecule is CC(C)(C)OC(=O)N1CCC([C@@H](C#N)c2ccc(Cl)cc2F)CC1. The molecule has 0 bridgehead atoms. The molecule has 0 N–H and O–H groups in total. The Hall–Kier alpha value is -1.80. The van der Waals surface area contributed by atoms with E-state index in [1.165, 1.54) is 6.07 Å². The first-order valence-electron chi connectivity index (χ1n) is 8.04. The van der Waals surface area contributed by atoms with Crippen LogP contribution < -0.4 is 0 Å². The predicted molar refractivity (Wildman–Crippen MR) is 90.3 cm³/mol. The highest BCUT2D eigenvalue weighted by molar-refractivity contribution is 6.30. The fourth-order valence-electron chi connectivity index (χ4n) is 2.92. The molecule has 1 heterocycles. The smallest absolute Gasteiger partial charge is 0.410 e. The second kappa shape index (κ2) is 7.40. The molecule has 1 aliphatic rings. The number of halogens is 2. The molecule has 1 atom stereocenters. The van der Waals surface area contributed by atoms with Crippen LogP contribution in [0.15, 0.2) is 18.2 Å². The summed E-state index contributed by atoms with van der Waals surface area (Å²) >= 11 is 5.78. The van der Waals surface area contributed by atoms with Gasteiger partial charge in [0.2, 0.25) is 0 Å². The lowest BCUT2D eigenvalue weighted by atomic mass is 9.81. The highest BCUT2D eigenvalue weighted by Gasteiger charge is 2.32. The molecule has 0 spiro atoms. The first kappa shape index (κ1) is 18.5. The zero-order valence-corrected chi connectivity index (χ0v) is 14.9. The van der Waals surface area contributed by atoms with E-state index in [0.29, 0.717) is 36.5 Å². The molecule has 0 aromatic heterocycles. The van der Waals surface area contributed by atoms with E-state index in [0.717, 1.165) is 0 Å². The average molecular weight is 353 g/mol. The van der Waals surface area contributed by atoms with Crippen molar-refractivity contribution in [1.29, 1.82) is 5.26 Å². The summed E-state index contributed by atoms with van der Waals surface area (Å²) in [6.07, 6.45) is 0.936. The molecule has 130 valence electrons. The molecule has 0 saturated carbocycles. The molecule has 1 saturated heterocycles. The molecule has 1 aliphatic heterocycles. The summed E-state index contributed by atoms with van der Waals surface area (Å²) in [5, 5.41) is 9.81. The molecule has 1 aromatic carbocycles. The van der Waals surface area contributed by atoms with Gasteiger partial charge in [-0.25, -0.2) is 9.18 Å². The van der Waals surface area contributed by atoms with E-state index in [4.69, 9.17) is 16.3 Å². The van der Waals surface area contributed by atoms with Crippen LogP contribution >= 0.6 is 11.6 Å². The van der Waals surface area contributed by atoms with Gasteiger partial charge in [0, 0.05) is 23.7 Å². The van der Waals surface area contributed by atoms with Crippen LogP contribution in [0.1, 0.15) is 45.1 Å².